The van der Waals surface area contributed by atoms with Gasteiger partial charge in [0.25, 0.3) is 0 Å². The Kier molecular flexibility index (Phi) is 4.40. The summed E-state index contributed by atoms with van der Waals surface area (Å²) in [4.78, 5) is 3.86. The summed E-state index contributed by atoms with van der Waals surface area (Å²) in [6.45, 7) is 2.82. The van der Waals surface area contributed by atoms with E-state index >= 15 is 0 Å². The summed E-state index contributed by atoms with van der Waals surface area (Å²) >= 11 is 0. The maximum Gasteiger partial charge on any atom is 0.217 e. The highest BCUT2D eigenvalue weighted by Crippen LogP contribution is 2.13. The zero-order valence-electron chi connectivity index (χ0n) is 9.29. The van der Waals surface area contributed by atoms with Crippen molar-refractivity contribution in [3.63, 3.8) is 0 Å². The average molecular weight is 244 g/mol. The van der Waals surface area contributed by atoms with Gasteiger partial charge in [-0.3, -0.25) is 4.98 Å². The van der Waals surface area contributed by atoms with E-state index in [0.717, 1.165) is 5.56 Å². The number of hydrogen-bond donors (Lipinski definition) is 2. The number of pyridine rings is 1. The molecule has 0 bridgehead atoms. The third-order valence-corrected chi connectivity index (χ3v) is 4.22. The molecule has 1 aromatic heterocycles. The molecule has 0 aromatic carbocycles. The number of rotatable bonds is 5. The van der Waals surface area contributed by atoms with Crippen LogP contribution in [0.15, 0.2) is 24.5 Å². The summed E-state index contributed by atoms with van der Waals surface area (Å²) in [6.07, 6.45) is 3.21. The van der Waals surface area contributed by atoms with E-state index in [9.17, 15) is 8.42 Å². The Morgan fingerprint density at radius 1 is 1.38 bits per heavy atom. The second-order valence-electron chi connectivity index (χ2n) is 3.66. The largest absolute Gasteiger partial charge is 0.395 e. The van der Waals surface area contributed by atoms with Gasteiger partial charge in [0.1, 0.15) is 0 Å². The molecule has 2 unspecified atom stereocenters. The van der Waals surface area contributed by atoms with Crippen molar-refractivity contribution < 1.29 is 13.5 Å². The smallest absolute Gasteiger partial charge is 0.217 e. The Morgan fingerprint density at radius 2 is 1.94 bits per heavy atom. The molecule has 0 amide bonds. The SMILES string of the molecule is CC(NS(=O)(=O)C(C)CO)c1ccncc1. The van der Waals surface area contributed by atoms with Crippen LogP contribution in [0.1, 0.15) is 25.5 Å². The van der Waals surface area contributed by atoms with Gasteiger partial charge in [-0.05, 0) is 31.5 Å². The minimum Gasteiger partial charge on any atom is -0.395 e. The molecule has 1 aromatic rings. The van der Waals surface area contributed by atoms with Crippen LogP contribution in [0.3, 0.4) is 0 Å². The minimum atomic E-state index is -3.48. The van der Waals surface area contributed by atoms with Crippen LogP contribution in [0.25, 0.3) is 0 Å². The van der Waals surface area contributed by atoms with Gasteiger partial charge in [0.05, 0.1) is 11.9 Å². The summed E-state index contributed by atoms with van der Waals surface area (Å²) in [5.74, 6) is 0. The molecule has 0 aliphatic rings. The second kappa shape index (κ2) is 5.38. The highest BCUT2D eigenvalue weighted by atomic mass is 32.2. The lowest BCUT2D eigenvalue weighted by molar-refractivity contribution is 0.294. The molecule has 5 nitrogen and oxygen atoms in total. The molecule has 2 atom stereocenters. The number of hydrogen-bond acceptors (Lipinski definition) is 4. The molecule has 0 saturated heterocycles. The van der Waals surface area contributed by atoms with Crippen LogP contribution in [-0.2, 0) is 10.0 Å². The van der Waals surface area contributed by atoms with Gasteiger partial charge in [0.2, 0.25) is 10.0 Å². The molecule has 2 N–H and O–H groups in total. The Morgan fingerprint density at radius 3 is 2.44 bits per heavy atom. The van der Waals surface area contributed by atoms with E-state index in [1.165, 1.54) is 6.92 Å². The number of nitrogens with zero attached hydrogens (tertiary/aromatic N) is 1. The minimum absolute atomic E-state index is 0.331. The molecule has 6 heteroatoms. The standard InChI is InChI=1S/C10H16N2O3S/c1-8(7-13)16(14,15)12-9(2)10-3-5-11-6-4-10/h3-6,8-9,12-13H,7H2,1-2H3. The fourth-order valence-electron chi connectivity index (χ4n) is 1.18. The summed E-state index contributed by atoms with van der Waals surface area (Å²) in [5, 5.41) is 8.02. The number of sulfonamides is 1. The third kappa shape index (κ3) is 3.26. The van der Waals surface area contributed by atoms with Crippen LogP contribution in [0.4, 0.5) is 0 Å². The van der Waals surface area contributed by atoms with E-state index in [0.29, 0.717) is 0 Å². The van der Waals surface area contributed by atoms with Gasteiger partial charge >= 0.3 is 0 Å². The van der Waals surface area contributed by atoms with Crippen LogP contribution in [0.5, 0.6) is 0 Å². The summed E-state index contributed by atoms with van der Waals surface area (Å²) in [5.41, 5.74) is 0.837. The fraction of sp³-hybridized carbons (Fsp3) is 0.500. The first-order chi connectivity index (χ1) is 7.47. The first-order valence-electron chi connectivity index (χ1n) is 4.99. The molecule has 0 fully saturated rings. The third-order valence-electron chi connectivity index (χ3n) is 2.33. The van der Waals surface area contributed by atoms with E-state index in [2.05, 4.69) is 9.71 Å². The van der Waals surface area contributed by atoms with Crippen LogP contribution in [0.2, 0.25) is 0 Å². The number of aliphatic hydroxyl groups is 1. The van der Waals surface area contributed by atoms with Gasteiger partial charge < -0.3 is 5.11 Å². The zero-order chi connectivity index (χ0) is 12.2. The quantitative estimate of drug-likeness (QED) is 0.788. The summed E-state index contributed by atoms with van der Waals surface area (Å²) in [7, 11) is -3.48. The highest BCUT2D eigenvalue weighted by molar-refractivity contribution is 7.90. The van der Waals surface area contributed by atoms with Gasteiger partial charge in [0.15, 0.2) is 0 Å². The molecular weight excluding hydrogens is 228 g/mol. The second-order valence-corrected chi connectivity index (χ2v) is 5.79. The maximum atomic E-state index is 11.7. The molecular formula is C10H16N2O3S. The van der Waals surface area contributed by atoms with Gasteiger partial charge in [-0.15, -0.1) is 0 Å². The lowest BCUT2D eigenvalue weighted by Crippen LogP contribution is -2.36. The molecule has 0 radical (unpaired) electrons. The number of aliphatic hydroxyl groups excluding tert-OH is 1. The molecule has 0 aliphatic heterocycles. The molecule has 0 spiro atoms. The van der Waals surface area contributed by atoms with Gasteiger partial charge in [0, 0.05) is 18.4 Å². The van der Waals surface area contributed by atoms with Crippen LogP contribution in [0, 0.1) is 0 Å². The van der Waals surface area contributed by atoms with Crippen LogP contribution in [-0.4, -0.2) is 30.4 Å². The topological polar surface area (TPSA) is 79.3 Å². The van der Waals surface area contributed by atoms with Crippen molar-refractivity contribution in [2.45, 2.75) is 25.1 Å². The molecule has 0 aliphatic carbocycles. The lowest BCUT2D eigenvalue weighted by Gasteiger charge is -2.17. The van der Waals surface area contributed by atoms with Crippen molar-refractivity contribution in [3.8, 4) is 0 Å². The van der Waals surface area contributed by atoms with Crippen molar-refractivity contribution in [1.29, 1.82) is 0 Å². The first-order valence-corrected chi connectivity index (χ1v) is 6.54. The van der Waals surface area contributed by atoms with E-state index in [1.807, 2.05) is 0 Å². The number of aromatic nitrogens is 1. The van der Waals surface area contributed by atoms with Crippen molar-refractivity contribution in [2.75, 3.05) is 6.61 Å². The van der Waals surface area contributed by atoms with Crippen molar-refractivity contribution >= 4 is 10.0 Å². The van der Waals surface area contributed by atoms with E-state index < -0.39 is 21.9 Å². The Bertz CT molecular complexity index is 419. The van der Waals surface area contributed by atoms with Gasteiger partial charge in [-0.1, -0.05) is 0 Å². The Hall–Kier alpha value is -0.980. The molecule has 1 heterocycles. The van der Waals surface area contributed by atoms with E-state index in [1.54, 1.807) is 31.5 Å². The van der Waals surface area contributed by atoms with E-state index in [4.69, 9.17) is 5.11 Å². The van der Waals surface area contributed by atoms with Crippen molar-refractivity contribution in [2.24, 2.45) is 0 Å². The fourth-order valence-corrected chi connectivity index (χ4v) is 2.24. The van der Waals surface area contributed by atoms with Crippen LogP contribution >= 0.6 is 0 Å². The Labute approximate surface area is 95.6 Å². The normalized spacial score (nSPS) is 15.7. The Balaban J connectivity index is 2.76. The zero-order valence-corrected chi connectivity index (χ0v) is 10.1. The first kappa shape index (κ1) is 13.1. The van der Waals surface area contributed by atoms with E-state index in [-0.39, 0.29) is 6.04 Å². The average Bonchev–Trinajstić information content (AvgIpc) is 2.28. The highest BCUT2D eigenvalue weighted by Gasteiger charge is 2.22. The number of nitrogens with one attached hydrogen (secondary N) is 1. The van der Waals surface area contributed by atoms with Crippen molar-refractivity contribution in [3.05, 3.63) is 30.1 Å². The molecule has 16 heavy (non-hydrogen) atoms. The summed E-state index contributed by atoms with van der Waals surface area (Å²) < 4.78 is 25.8. The van der Waals surface area contributed by atoms with Gasteiger partial charge in [-0.2, -0.15) is 0 Å². The summed E-state index contributed by atoms with van der Waals surface area (Å²) in [6, 6.07) is 3.16. The maximum absolute atomic E-state index is 11.7. The monoisotopic (exact) mass is 244 g/mol. The van der Waals surface area contributed by atoms with Crippen LogP contribution < -0.4 is 4.72 Å². The van der Waals surface area contributed by atoms with Crippen molar-refractivity contribution in [1.82, 2.24) is 9.71 Å². The van der Waals surface area contributed by atoms with Gasteiger partial charge in [-0.25, -0.2) is 13.1 Å². The predicted octanol–water partition coefficient (Wildman–Crippen LogP) is 0.443. The molecule has 1 rings (SSSR count). The predicted molar refractivity (Wildman–Crippen MR) is 61.3 cm³/mol. The molecule has 0 saturated carbocycles. The lowest BCUT2D eigenvalue weighted by atomic mass is 10.1. The molecule has 90 valence electrons.